The second-order valence-corrected chi connectivity index (χ2v) is 4.02. The Morgan fingerprint density at radius 2 is 1.76 bits per heavy atom. The van der Waals surface area contributed by atoms with Crippen molar-refractivity contribution < 1.29 is 44.1 Å². The summed E-state index contributed by atoms with van der Waals surface area (Å²) < 4.78 is 13.5. The van der Waals surface area contributed by atoms with Crippen molar-refractivity contribution in [3.63, 3.8) is 0 Å². The third kappa shape index (κ3) is 8.83. The molecule has 9 nitrogen and oxygen atoms in total. The zero-order valence-corrected chi connectivity index (χ0v) is 14.0. The summed E-state index contributed by atoms with van der Waals surface area (Å²) in [5.41, 5.74) is 0. The van der Waals surface area contributed by atoms with E-state index in [2.05, 4.69) is 4.52 Å². The van der Waals surface area contributed by atoms with E-state index in [4.69, 9.17) is 20.4 Å². The zero-order chi connectivity index (χ0) is 12.9. The Morgan fingerprint density at radius 1 is 1.29 bits per heavy atom. The van der Waals surface area contributed by atoms with E-state index in [1.165, 1.54) is 0 Å². The molecule has 0 spiro atoms. The number of aliphatic hydroxyl groups excluding tert-OH is 4. The fraction of sp³-hybridized carbons (Fsp3) is 0.833. The normalized spacial score (nSPS) is 16.8. The molecule has 0 rings (SSSR count). The average molecular weight is 395 g/mol. The van der Waals surface area contributed by atoms with Crippen molar-refractivity contribution in [2.45, 2.75) is 18.3 Å². The van der Waals surface area contributed by atoms with Crippen LogP contribution in [0.3, 0.4) is 0 Å². The predicted molar refractivity (Wildman–Crippen MR) is 49.4 cm³/mol. The first-order valence-corrected chi connectivity index (χ1v) is 5.49. The first-order chi connectivity index (χ1) is 7.19. The van der Waals surface area contributed by atoms with Crippen LogP contribution in [0, 0.1) is 0 Å². The molecule has 3 unspecified atom stereocenters. The maximum absolute atomic E-state index is 10.9. The number of ketones is 1. The topological polar surface area (TPSA) is 170 Å². The number of phosphoric ester groups is 1. The van der Waals surface area contributed by atoms with Crippen LogP contribution in [0.4, 0.5) is 0 Å². The number of rotatable bonds is 7. The van der Waals surface area contributed by atoms with Gasteiger partial charge in [-0.1, -0.05) is 0 Å². The van der Waals surface area contributed by atoms with Crippen LogP contribution in [0.2, 0.25) is 0 Å². The molecule has 17 heavy (non-hydrogen) atoms. The fourth-order valence-corrected chi connectivity index (χ4v) is 1.02. The summed E-state index contributed by atoms with van der Waals surface area (Å²) in [6.07, 6.45) is -5.93. The van der Waals surface area contributed by atoms with Gasteiger partial charge in [0.15, 0.2) is 5.78 Å². The Balaban J connectivity index is 0. The van der Waals surface area contributed by atoms with Gasteiger partial charge in [0.2, 0.25) is 0 Å². The van der Waals surface area contributed by atoms with Gasteiger partial charge in [-0.05, 0) is 0 Å². The molecule has 0 fully saturated rings. The number of aliphatic hydroxyl groups is 4. The number of carbonyl (C=O) groups excluding carboxylic acids is 1. The third-order valence-corrected chi connectivity index (χ3v) is 2.04. The van der Waals surface area contributed by atoms with E-state index < -0.39 is 45.1 Å². The Morgan fingerprint density at radius 3 is 2.12 bits per heavy atom. The van der Waals surface area contributed by atoms with Crippen molar-refractivity contribution in [3.05, 3.63) is 0 Å². The van der Waals surface area contributed by atoms with Gasteiger partial charge < -0.3 is 39.3 Å². The van der Waals surface area contributed by atoms with Crippen LogP contribution in [-0.4, -0.2) is 107 Å². The number of phosphoric acid groups is 1. The van der Waals surface area contributed by atoms with Crippen LogP contribution in [0.1, 0.15) is 0 Å². The Labute approximate surface area is 137 Å². The summed E-state index contributed by atoms with van der Waals surface area (Å²) in [5.74, 6) is -1.31. The fourth-order valence-electron chi connectivity index (χ4n) is 0.737. The molecule has 0 amide bonds. The van der Waals surface area contributed by atoms with Crippen molar-refractivity contribution in [2.24, 2.45) is 0 Å². The largest absolute Gasteiger partial charge is 2.00 e. The summed E-state index contributed by atoms with van der Waals surface area (Å²) >= 11 is 0. The number of carbonyl (C=O) groups is 1. The maximum atomic E-state index is 10.9. The van der Waals surface area contributed by atoms with Crippen LogP contribution < -0.4 is 9.79 Å². The van der Waals surface area contributed by atoms with Crippen molar-refractivity contribution in [3.8, 4) is 0 Å². The van der Waals surface area contributed by atoms with Gasteiger partial charge in [0.1, 0.15) is 24.9 Å². The van der Waals surface area contributed by atoms with Crippen molar-refractivity contribution in [2.75, 3.05) is 13.2 Å². The molecule has 0 aliphatic rings. The number of hydrogen-bond acceptors (Lipinski definition) is 9. The molecule has 0 bridgehead atoms. The minimum atomic E-state index is -5.35. The van der Waals surface area contributed by atoms with Crippen molar-refractivity contribution in [1.29, 1.82) is 0 Å². The molecule has 11 heteroatoms. The maximum Gasteiger partial charge on any atom is 2.00 e. The standard InChI is InChI=1S/C6H13O9P.Ba/c7-1-3(8)5(10)6(11)4(9)2-15-16(12,13)14;/h3,5-8,10-11H,1-2H2,(H2,12,13,14);/q;+2/p-2. The van der Waals surface area contributed by atoms with E-state index in [0.29, 0.717) is 0 Å². The van der Waals surface area contributed by atoms with Gasteiger partial charge in [-0.15, -0.1) is 0 Å². The van der Waals surface area contributed by atoms with Crippen molar-refractivity contribution >= 4 is 62.5 Å². The SMILES string of the molecule is O=C(COP(=O)([O-])[O-])C(O)C(O)C(O)CO.[Ba+2]. The van der Waals surface area contributed by atoms with E-state index in [9.17, 15) is 19.1 Å². The molecule has 0 aromatic carbocycles. The van der Waals surface area contributed by atoms with E-state index >= 15 is 0 Å². The summed E-state index contributed by atoms with van der Waals surface area (Å²) in [5, 5.41) is 35.3. The molecule has 96 valence electrons. The predicted octanol–water partition coefficient (Wildman–Crippen LogP) is -4.90. The Kier molecular flexibility index (Phi) is 11.0. The van der Waals surface area contributed by atoms with Gasteiger partial charge in [0, 0.05) is 0 Å². The quantitative estimate of drug-likeness (QED) is 0.244. The number of Topliss-reactive ketones (excluding diaryl/α,β-unsaturated/α-hetero) is 1. The third-order valence-electron chi connectivity index (χ3n) is 1.60. The van der Waals surface area contributed by atoms with E-state index in [-0.39, 0.29) is 48.9 Å². The second-order valence-electron chi connectivity index (χ2n) is 2.87. The molecule has 0 aliphatic heterocycles. The smallest absolute Gasteiger partial charge is 0.790 e. The molecule has 0 saturated carbocycles. The van der Waals surface area contributed by atoms with Crippen LogP contribution >= 0.6 is 7.82 Å². The molecule has 0 aliphatic carbocycles. The van der Waals surface area contributed by atoms with Gasteiger partial charge in [-0.2, -0.15) is 0 Å². The minimum absolute atomic E-state index is 0. The second kappa shape index (κ2) is 9.15. The Bertz CT molecular complexity index is 279. The molecule has 0 aromatic heterocycles. The zero-order valence-electron chi connectivity index (χ0n) is 8.63. The molecule has 0 aromatic rings. The Hall–Kier alpha value is 1.19. The summed E-state index contributed by atoms with van der Waals surface area (Å²) in [4.78, 5) is 30.9. The summed E-state index contributed by atoms with van der Waals surface area (Å²) in [7, 11) is -5.35. The molecular weight excluding hydrogens is 384 g/mol. The van der Waals surface area contributed by atoms with Crippen molar-refractivity contribution in [1.82, 2.24) is 0 Å². The first-order valence-electron chi connectivity index (χ1n) is 4.03. The molecule has 3 atom stereocenters. The monoisotopic (exact) mass is 396 g/mol. The average Bonchev–Trinajstić information content (AvgIpc) is 2.21. The molecule has 0 heterocycles. The molecular formula is C6H11BaO9P. The van der Waals surface area contributed by atoms with Gasteiger partial charge >= 0.3 is 48.9 Å². The van der Waals surface area contributed by atoms with E-state index in [0.717, 1.165) is 0 Å². The summed E-state index contributed by atoms with van der Waals surface area (Å²) in [6.45, 7) is -2.16. The first kappa shape index (κ1) is 20.5. The molecule has 0 saturated heterocycles. The van der Waals surface area contributed by atoms with E-state index in [1.54, 1.807) is 0 Å². The van der Waals surface area contributed by atoms with Crippen LogP contribution in [0.15, 0.2) is 0 Å². The van der Waals surface area contributed by atoms with Crippen LogP contribution in [0.5, 0.6) is 0 Å². The molecule has 0 radical (unpaired) electrons. The summed E-state index contributed by atoms with van der Waals surface area (Å²) in [6, 6.07) is 0. The van der Waals surface area contributed by atoms with Gasteiger partial charge in [-0.3, -0.25) is 4.79 Å². The molecule has 4 N–H and O–H groups in total. The van der Waals surface area contributed by atoms with Crippen LogP contribution in [0.25, 0.3) is 0 Å². The van der Waals surface area contributed by atoms with E-state index in [1.807, 2.05) is 0 Å². The minimum Gasteiger partial charge on any atom is -0.790 e. The number of hydrogen-bond donors (Lipinski definition) is 4. The van der Waals surface area contributed by atoms with Crippen LogP contribution in [-0.2, 0) is 13.9 Å². The van der Waals surface area contributed by atoms with Gasteiger partial charge in [0.25, 0.3) is 0 Å². The van der Waals surface area contributed by atoms with Gasteiger partial charge in [-0.25, -0.2) is 0 Å². The van der Waals surface area contributed by atoms with Gasteiger partial charge in [0.05, 0.1) is 14.4 Å².